The Morgan fingerprint density at radius 3 is 2.48 bits per heavy atom. The lowest BCUT2D eigenvalue weighted by molar-refractivity contribution is 0.0706. The topological polar surface area (TPSA) is 78.2 Å². The second kappa shape index (κ2) is 5.86. The molecule has 112 valence electrons. The molecule has 2 rings (SSSR count). The molecule has 1 aromatic rings. The number of carbonyl (C=O) groups is 1. The van der Waals surface area contributed by atoms with E-state index in [1.165, 1.54) is 12.1 Å². The monoisotopic (exact) mass is 306 g/mol. The largest absolute Gasteiger partial charge is 0.339 e. The van der Waals surface area contributed by atoms with Gasteiger partial charge in [-0.2, -0.15) is 5.26 Å². The van der Waals surface area contributed by atoms with Crippen molar-refractivity contribution in [3.63, 3.8) is 0 Å². The molecule has 0 N–H and O–H groups in total. The molecule has 6 heteroatoms. The number of nitriles is 1. The van der Waals surface area contributed by atoms with E-state index < -0.39 is 9.84 Å². The van der Waals surface area contributed by atoms with E-state index in [1.54, 1.807) is 17.9 Å². The quantitative estimate of drug-likeness (QED) is 0.834. The summed E-state index contributed by atoms with van der Waals surface area (Å²) in [7, 11) is -3.33. The first-order chi connectivity index (χ1) is 9.82. The van der Waals surface area contributed by atoms with Crippen LogP contribution >= 0.6 is 0 Å². The lowest BCUT2D eigenvalue weighted by atomic mass is 9.97. The van der Waals surface area contributed by atoms with Crippen LogP contribution in [0.25, 0.3) is 0 Å². The Balaban J connectivity index is 2.26. The lowest BCUT2D eigenvalue weighted by Gasteiger charge is -2.29. The van der Waals surface area contributed by atoms with E-state index in [4.69, 9.17) is 5.26 Å². The van der Waals surface area contributed by atoms with Crippen LogP contribution in [-0.2, 0) is 9.84 Å². The van der Waals surface area contributed by atoms with Gasteiger partial charge in [0.05, 0.1) is 11.0 Å². The van der Waals surface area contributed by atoms with E-state index in [-0.39, 0.29) is 16.7 Å². The molecule has 5 nitrogen and oxygen atoms in total. The Hall–Kier alpha value is -1.87. The molecule has 0 radical (unpaired) electrons. The van der Waals surface area contributed by atoms with Gasteiger partial charge in [-0.15, -0.1) is 0 Å². The first-order valence-corrected chi connectivity index (χ1v) is 8.71. The Morgan fingerprint density at radius 2 is 1.95 bits per heavy atom. The highest BCUT2D eigenvalue weighted by Gasteiger charge is 2.25. The van der Waals surface area contributed by atoms with E-state index in [9.17, 15) is 13.2 Å². The molecular formula is C15H18N2O3S. The molecule has 0 spiro atoms. The molecule has 21 heavy (non-hydrogen) atoms. The maximum Gasteiger partial charge on any atom is 0.254 e. The van der Waals surface area contributed by atoms with Crippen molar-refractivity contribution < 1.29 is 13.2 Å². The zero-order chi connectivity index (χ0) is 15.6. The second-order valence-corrected chi connectivity index (χ2v) is 7.46. The van der Waals surface area contributed by atoms with Gasteiger partial charge in [0.15, 0.2) is 9.84 Å². The fourth-order valence-corrected chi connectivity index (χ4v) is 3.09. The minimum Gasteiger partial charge on any atom is -0.339 e. The predicted molar refractivity (Wildman–Crippen MR) is 78.5 cm³/mol. The molecule has 1 saturated heterocycles. The van der Waals surface area contributed by atoms with Gasteiger partial charge < -0.3 is 4.90 Å². The normalized spacial score (nSPS) is 16.5. The van der Waals surface area contributed by atoms with Gasteiger partial charge in [-0.3, -0.25) is 4.79 Å². The van der Waals surface area contributed by atoms with Crippen LogP contribution in [0.3, 0.4) is 0 Å². The third-order valence-electron chi connectivity index (χ3n) is 3.83. The van der Waals surface area contributed by atoms with Crippen molar-refractivity contribution in [3.8, 4) is 6.07 Å². The summed E-state index contributed by atoms with van der Waals surface area (Å²) in [5, 5.41) is 8.88. The standard InChI is InChI=1S/C15H18N2O3S/c1-11-3-4-13(21(2,19)20)9-14(11)15(18)17-7-5-12(10-16)6-8-17/h3-4,9,12H,5-8H2,1-2H3. The van der Waals surface area contributed by atoms with Crippen molar-refractivity contribution in [1.82, 2.24) is 4.90 Å². The first kappa shape index (κ1) is 15.5. The van der Waals surface area contributed by atoms with Gasteiger partial charge in [0.2, 0.25) is 0 Å². The summed E-state index contributed by atoms with van der Waals surface area (Å²) in [4.78, 5) is 14.4. The molecule has 1 aliphatic rings. The molecular weight excluding hydrogens is 288 g/mol. The van der Waals surface area contributed by atoms with Crippen molar-refractivity contribution in [2.75, 3.05) is 19.3 Å². The Kier molecular flexibility index (Phi) is 4.33. The molecule has 1 heterocycles. The number of sulfone groups is 1. The average molecular weight is 306 g/mol. The highest BCUT2D eigenvalue weighted by Crippen LogP contribution is 2.21. The van der Waals surface area contributed by atoms with Gasteiger partial charge in [0, 0.05) is 30.8 Å². The third-order valence-corrected chi connectivity index (χ3v) is 4.94. The first-order valence-electron chi connectivity index (χ1n) is 6.82. The van der Waals surface area contributed by atoms with E-state index in [0.29, 0.717) is 31.5 Å². The summed E-state index contributed by atoms with van der Waals surface area (Å²) in [6.45, 7) is 2.88. The van der Waals surface area contributed by atoms with Crippen LogP contribution in [0, 0.1) is 24.2 Å². The molecule has 1 aliphatic heterocycles. The molecule has 0 aromatic heterocycles. The predicted octanol–water partition coefficient (Wildman–Crippen LogP) is 1.77. The lowest BCUT2D eigenvalue weighted by Crippen LogP contribution is -2.38. The fourth-order valence-electron chi connectivity index (χ4n) is 2.44. The third kappa shape index (κ3) is 3.42. The zero-order valence-corrected chi connectivity index (χ0v) is 13.0. The number of aryl methyl sites for hydroxylation is 1. The smallest absolute Gasteiger partial charge is 0.254 e. The maximum absolute atomic E-state index is 12.5. The number of hydrogen-bond acceptors (Lipinski definition) is 4. The highest BCUT2D eigenvalue weighted by molar-refractivity contribution is 7.90. The van der Waals surface area contributed by atoms with Crippen LogP contribution in [0.5, 0.6) is 0 Å². The van der Waals surface area contributed by atoms with Crippen LogP contribution in [0.4, 0.5) is 0 Å². The minimum atomic E-state index is -3.33. The van der Waals surface area contributed by atoms with Crippen LogP contribution < -0.4 is 0 Å². The van der Waals surface area contributed by atoms with Crippen LogP contribution in [0.15, 0.2) is 23.1 Å². The van der Waals surface area contributed by atoms with Crippen LogP contribution in [0.1, 0.15) is 28.8 Å². The molecule has 0 aliphatic carbocycles. The summed E-state index contributed by atoms with van der Waals surface area (Å²) in [6.07, 6.45) is 2.48. The van der Waals surface area contributed by atoms with Crippen molar-refractivity contribution >= 4 is 15.7 Å². The number of rotatable bonds is 2. The van der Waals surface area contributed by atoms with E-state index in [1.807, 2.05) is 0 Å². The Labute approximate surface area is 125 Å². The van der Waals surface area contributed by atoms with E-state index in [2.05, 4.69) is 6.07 Å². The number of likely N-dealkylation sites (tertiary alicyclic amines) is 1. The Bertz CT molecular complexity index is 696. The molecule has 1 aromatic carbocycles. The van der Waals surface area contributed by atoms with Crippen molar-refractivity contribution in [3.05, 3.63) is 29.3 Å². The zero-order valence-electron chi connectivity index (χ0n) is 12.2. The maximum atomic E-state index is 12.5. The fraction of sp³-hybridized carbons (Fsp3) is 0.467. The SMILES string of the molecule is Cc1ccc(S(C)(=O)=O)cc1C(=O)N1CCC(C#N)CC1. The van der Waals surface area contributed by atoms with Crippen LogP contribution in [-0.4, -0.2) is 38.6 Å². The summed E-state index contributed by atoms with van der Waals surface area (Å²) >= 11 is 0. The van der Waals surface area contributed by atoms with Crippen molar-refractivity contribution in [2.24, 2.45) is 5.92 Å². The number of piperidine rings is 1. The molecule has 0 saturated carbocycles. The number of carbonyl (C=O) groups excluding carboxylic acids is 1. The van der Waals surface area contributed by atoms with Crippen molar-refractivity contribution in [1.29, 1.82) is 5.26 Å². The number of nitrogens with zero attached hydrogens (tertiary/aromatic N) is 2. The molecule has 1 amide bonds. The molecule has 1 fully saturated rings. The summed E-state index contributed by atoms with van der Waals surface area (Å²) in [5.41, 5.74) is 1.18. The number of hydrogen-bond donors (Lipinski definition) is 0. The Morgan fingerprint density at radius 1 is 1.33 bits per heavy atom. The molecule has 0 bridgehead atoms. The van der Waals surface area contributed by atoms with Gasteiger partial charge in [-0.1, -0.05) is 6.07 Å². The van der Waals surface area contributed by atoms with Crippen LogP contribution in [0.2, 0.25) is 0 Å². The van der Waals surface area contributed by atoms with Gasteiger partial charge in [0.1, 0.15) is 0 Å². The summed E-state index contributed by atoms with van der Waals surface area (Å²) in [6, 6.07) is 6.85. The van der Waals surface area contributed by atoms with Gasteiger partial charge in [0.25, 0.3) is 5.91 Å². The summed E-state index contributed by atoms with van der Waals surface area (Å²) in [5.74, 6) is -0.146. The number of benzene rings is 1. The van der Waals surface area contributed by atoms with Gasteiger partial charge in [-0.25, -0.2) is 8.42 Å². The van der Waals surface area contributed by atoms with Gasteiger partial charge >= 0.3 is 0 Å². The van der Waals surface area contributed by atoms with E-state index >= 15 is 0 Å². The molecule has 0 atom stereocenters. The van der Waals surface area contributed by atoms with Gasteiger partial charge in [-0.05, 0) is 37.5 Å². The summed E-state index contributed by atoms with van der Waals surface area (Å²) < 4.78 is 23.2. The molecule has 0 unspecified atom stereocenters. The highest BCUT2D eigenvalue weighted by atomic mass is 32.2. The second-order valence-electron chi connectivity index (χ2n) is 5.44. The average Bonchev–Trinajstić information content (AvgIpc) is 2.46. The minimum absolute atomic E-state index is 0.0116. The van der Waals surface area contributed by atoms with E-state index in [0.717, 1.165) is 11.8 Å². The number of amides is 1. The van der Waals surface area contributed by atoms with Crippen molar-refractivity contribution in [2.45, 2.75) is 24.7 Å².